The first-order chi connectivity index (χ1) is 6.70. The lowest BCUT2D eigenvalue weighted by Crippen LogP contribution is -2.17. The minimum Gasteiger partial charge on any atom is -0.344 e. The third kappa shape index (κ3) is 1.57. The second-order valence-corrected chi connectivity index (χ2v) is 4.59. The molecule has 1 aliphatic heterocycles. The Kier molecular flexibility index (Phi) is 2.37. The molecule has 2 heterocycles. The van der Waals surface area contributed by atoms with E-state index in [1.165, 1.54) is 0 Å². The van der Waals surface area contributed by atoms with Gasteiger partial charge in [-0.2, -0.15) is 5.10 Å². The number of hydrogen-bond acceptors (Lipinski definition) is 4. The highest BCUT2D eigenvalue weighted by atomic mass is 32.1. The van der Waals surface area contributed by atoms with E-state index < -0.39 is 0 Å². The van der Waals surface area contributed by atoms with Crippen molar-refractivity contribution in [2.75, 3.05) is 13.1 Å². The molecule has 1 N–H and O–H groups in total. The fourth-order valence-electron chi connectivity index (χ4n) is 1.81. The Labute approximate surface area is 84.7 Å². The second kappa shape index (κ2) is 3.53. The maximum absolute atomic E-state index is 10.9. The highest BCUT2D eigenvalue weighted by Gasteiger charge is 2.32. The first-order valence-corrected chi connectivity index (χ1v) is 5.27. The van der Waals surface area contributed by atoms with Gasteiger partial charge in [0.1, 0.15) is 5.01 Å². The zero-order valence-corrected chi connectivity index (χ0v) is 8.58. The first-order valence-electron chi connectivity index (χ1n) is 4.45. The number of amides is 1. The lowest BCUT2D eigenvalue weighted by molar-refractivity contribution is -0.117. The summed E-state index contributed by atoms with van der Waals surface area (Å²) < 4.78 is 0. The molecule has 0 radical (unpaired) electrons. The number of H-pyrrole nitrogens is 1. The molecule has 0 bridgehead atoms. The smallest absolute Gasteiger partial charge is 0.322 e. The third-order valence-corrected chi connectivity index (χ3v) is 3.44. The molecule has 0 aromatic carbocycles. The molecule has 14 heavy (non-hydrogen) atoms. The molecule has 1 fully saturated rings. The van der Waals surface area contributed by atoms with Gasteiger partial charge in [0, 0.05) is 19.0 Å². The molecule has 1 saturated heterocycles. The molecule has 1 amide bonds. The van der Waals surface area contributed by atoms with Crippen LogP contribution in [0.15, 0.2) is 4.79 Å². The lowest BCUT2D eigenvalue weighted by Gasteiger charge is -2.08. The predicted molar refractivity (Wildman–Crippen MR) is 52.3 cm³/mol. The van der Waals surface area contributed by atoms with Crippen LogP contribution in [0.2, 0.25) is 0 Å². The summed E-state index contributed by atoms with van der Waals surface area (Å²) in [6, 6.07) is 0. The molecule has 1 aromatic heterocycles. The Morgan fingerprint density at radius 1 is 1.64 bits per heavy atom. The molecule has 0 saturated carbocycles. The van der Waals surface area contributed by atoms with Crippen LogP contribution < -0.4 is 4.87 Å². The van der Waals surface area contributed by atoms with Gasteiger partial charge in [-0.1, -0.05) is 18.3 Å². The van der Waals surface area contributed by atoms with E-state index in [1.54, 1.807) is 4.90 Å². The standard InChI is InChI=1S/C8H11N3O2S/c1-5-2-11(4-12)3-6(5)7-9-10-8(13)14-7/h4-6H,2-3H2,1H3,(H,10,13)/t5-,6+/m1/s1. The van der Waals surface area contributed by atoms with E-state index in [1.807, 2.05) is 0 Å². The summed E-state index contributed by atoms with van der Waals surface area (Å²) in [5.74, 6) is 0.586. The van der Waals surface area contributed by atoms with Gasteiger partial charge in [0.25, 0.3) is 0 Å². The fraction of sp³-hybridized carbons (Fsp3) is 0.625. The number of hydrogen-bond donors (Lipinski definition) is 1. The molecular weight excluding hydrogens is 202 g/mol. The van der Waals surface area contributed by atoms with Crippen molar-refractivity contribution >= 4 is 17.7 Å². The van der Waals surface area contributed by atoms with Gasteiger partial charge in [0.05, 0.1) is 0 Å². The van der Waals surface area contributed by atoms with Crippen molar-refractivity contribution in [3.8, 4) is 0 Å². The second-order valence-electron chi connectivity index (χ2n) is 3.59. The van der Waals surface area contributed by atoms with Gasteiger partial charge in [0.15, 0.2) is 0 Å². The average Bonchev–Trinajstić information content (AvgIpc) is 2.71. The molecular formula is C8H11N3O2S. The summed E-state index contributed by atoms with van der Waals surface area (Å²) in [5.41, 5.74) is 0. The zero-order valence-electron chi connectivity index (χ0n) is 7.77. The number of rotatable bonds is 2. The van der Waals surface area contributed by atoms with E-state index in [2.05, 4.69) is 17.1 Å². The van der Waals surface area contributed by atoms with Crippen molar-refractivity contribution in [2.24, 2.45) is 5.92 Å². The van der Waals surface area contributed by atoms with Gasteiger partial charge in [-0.25, -0.2) is 5.10 Å². The predicted octanol–water partition coefficient (Wildman–Crippen LogP) is 0.0231. The van der Waals surface area contributed by atoms with Gasteiger partial charge in [-0.15, -0.1) is 0 Å². The Morgan fingerprint density at radius 2 is 2.43 bits per heavy atom. The number of aromatic nitrogens is 2. The number of likely N-dealkylation sites (tertiary alicyclic amines) is 1. The van der Waals surface area contributed by atoms with Crippen LogP contribution in [0.3, 0.4) is 0 Å². The molecule has 0 unspecified atom stereocenters. The fourth-order valence-corrected chi connectivity index (χ4v) is 2.64. The average molecular weight is 213 g/mol. The van der Waals surface area contributed by atoms with E-state index in [9.17, 15) is 9.59 Å². The van der Waals surface area contributed by atoms with Crippen molar-refractivity contribution in [1.29, 1.82) is 0 Å². The Bertz CT molecular complexity index is 386. The molecule has 5 nitrogen and oxygen atoms in total. The van der Waals surface area contributed by atoms with Crippen LogP contribution in [0.25, 0.3) is 0 Å². The molecule has 2 atom stereocenters. The van der Waals surface area contributed by atoms with Gasteiger partial charge in [0.2, 0.25) is 6.41 Å². The summed E-state index contributed by atoms with van der Waals surface area (Å²) in [6.45, 7) is 3.49. The Balaban J connectivity index is 2.19. The van der Waals surface area contributed by atoms with Gasteiger partial charge in [-0.3, -0.25) is 9.59 Å². The maximum atomic E-state index is 10.9. The van der Waals surface area contributed by atoms with E-state index in [0.29, 0.717) is 12.5 Å². The number of carbonyl (C=O) groups excluding carboxylic acids is 1. The summed E-state index contributed by atoms with van der Waals surface area (Å²) in [7, 11) is 0. The molecule has 1 aliphatic rings. The molecule has 0 spiro atoms. The highest BCUT2D eigenvalue weighted by Crippen LogP contribution is 2.31. The monoisotopic (exact) mass is 213 g/mol. The summed E-state index contributed by atoms with van der Waals surface area (Å²) in [5, 5.41) is 7.17. The number of carbonyl (C=O) groups is 1. The van der Waals surface area contributed by atoms with E-state index in [0.717, 1.165) is 29.3 Å². The maximum Gasteiger partial charge on any atom is 0.322 e. The number of aromatic amines is 1. The van der Waals surface area contributed by atoms with Crippen molar-refractivity contribution in [3.63, 3.8) is 0 Å². The summed E-state index contributed by atoms with van der Waals surface area (Å²) in [6.07, 6.45) is 0.853. The minimum absolute atomic E-state index is 0.128. The van der Waals surface area contributed by atoms with Gasteiger partial charge in [-0.05, 0) is 5.92 Å². The molecule has 76 valence electrons. The van der Waals surface area contributed by atoms with Crippen LogP contribution in [0.5, 0.6) is 0 Å². The minimum atomic E-state index is -0.128. The van der Waals surface area contributed by atoms with Crippen LogP contribution >= 0.6 is 11.3 Å². The quantitative estimate of drug-likeness (QED) is 0.704. The van der Waals surface area contributed by atoms with Gasteiger partial charge >= 0.3 is 4.87 Å². The SMILES string of the molecule is C[C@@H]1CN(C=O)C[C@@H]1c1n[nH]c(=O)s1. The Morgan fingerprint density at radius 3 is 2.93 bits per heavy atom. The summed E-state index contributed by atoms with van der Waals surface area (Å²) in [4.78, 5) is 23.1. The molecule has 1 aromatic rings. The van der Waals surface area contributed by atoms with Crippen molar-refractivity contribution in [2.45, 2.75) is 12.8 Å². The third-order valence-electron chi connectivity index (χ3n) is 2.56. The molecule has 6 heteroatoms. The van der Waals surface area contributed by atoms with E-state index in [4.69, 9.17) is 0 Å². The van der Waals surface area contributed by atoms with E-state index in [-0.39, 0.29) is 10.8 Å². The topological polar surface area (TPSA) is 66.1 Å². The van der Waals surface area contributed by atoms with Crippen LogP contribution in [0, 0.1) is 5.92 Å². The van der Waals surface area contributed by atoms with Gasteiger partial charge < -0.3 is 4.90 Å². The zero-order chi connectivity index (χ0) is 10.1. The van der Waals surface area contributed by atoms with E-state index >= 15 is 0 Å². The summed E-state index contributed by atoms with van der Waals surface area (Å²) >= 11 is 1.14. The van der Waals surface area contributed by atoms with Crippen LogP contribution in [-0.2, 0) is 4.79 Å². The number of nitrogens with zero attached hydrogens (tertiary/aromatic N) is 2. The first kappa shape index (κ1) is 9.39. The van der Waals surface area contributed by atoms with Crippen molar-refractivity contribution in [3.05, 3.63) is 14.7 Å². The van der Waals surface area contributed by atoms with Crippen molar-refractivity contribution < 1.29 is 4.79 Å². The van der Waals surface area contributed by atoms with Crippen LogP contribution in [0.1, 0.15) is 17.8 Å². The van der Waals surface area contributed by atoms with Crippen molar-refractivity contribution in [1.82, 2.24) is 15.1 Å². The number of nitrogens with one attached hydrogen (secondary N) is 1. The lowest BCUT2D eigenvalue weighted by atomic mass is 9.99. The van der Waals surface area contributed by atoms with Crippen LogP contribution in [0.4, 0.5) is 0 Å². The van der Waals surface area contributed by atoms with Crippen LogP contribution in [-0.4, -0.2) is 34.6 Å². The highest BCUT2D eigenvalue weighted by molar-refractivity contribution is 7.08. The normalized spacial score (nSPS) is 26.8. The molecule has 2 rings (SSSR count). The largest absolute Gasteiger partial charge is 0.344 e. The Hall–Kier alpha value is -1.17. The molecule has 0 aliphatic carbocycles.